The van der Waals surface area contributed by atoms with Gasteiger partial charge < -0.3 is 4.90 Å². The topological polar surface area (TPSA) is 67.9 Å². The van der Waals surface area contributed by atoms with Gasteiger partial charge in [0.25, 0.3) is 5.91 Å². The summed E-state index contributed by atoms with van der Waals surface area (Å²) in [5.74, 6) is -0.0549. The Labute approximate surface area is 136 Å². The zero-order chi connectivity index (χ0) is 16.7. The van der Waals surface area contributed by atoms with Crippen LogP contribution in [0, 0.1) is 22.7 Å². The molecule has 0 aliphatic heterocycles. The van der Waals surface area contributed by atoms with Crippen molar-refractivity contribution >= 4 is 5.91 Å². The Morgan fingerprint density at radius 1 is 0.957 bits per heavy atom. The van der Waals surface area contributed by atoms with Crippen molar-refractivity contribution in [2.75, 3.05) is 6.54 Å². The fourth-order valence-electron chi connectivity index (χ4n) is 2.30. The number of nitriles is 2. The van der Waals surface area contributed by atoms with E-state index in [2.05, 4.69) is 6.07 Å². The van der Waals surface area contributed by atoms with Gasteiger partial charge in [0.15, 0.2) is 0 Å². The third-order valence-corrected chi connectivity index (χ3v) is 3.50. The van der Waals surface area contributed by atoms with E-state index in [4.69, 9.17) is 10.5 Å². The largest absolute Gasteiger partial charge is 0.334 e. The van der Waals surface area contributed by atoms with Crippen molar-refractivity contribution in [3.05, 3.63) is 70.8 Å². The third kappa shape index (κ3) is 4.18. The molecule has 2 rings (SSSR count). The SMILES string of the molecule is CCCN(Cc1ccc(C#N)cc1)C(=O)c1ccc(C#N)cc1. The highest BCUT2D eigenvalue weighted by molar-refractivity contribution is 5.94. The lowest BCUT2D eigenvalue weighted by Gasteiger charge is -2.22. The van der Waals surface area contributed by atoms with Crippen molar-refractivity contribution in [1.29, 1.82) is 10.5 Å². The Morgan fingerprint density at radius 3 is 1.96 bits per heavy atom. The molecular formula is C19H17N3O. The summed E-state index contributed by atoms with van der Waals surface area (Å²) in [5.41, 5.74) is 2.70. The second-order valence-electron chi connectivity index (χ2n) is 5.22. The molecule has 0 fully saturated rings. The van der Waals surface area contributed by atoms with E-state index < -0.39 is 0 Å². The number of carbonyl (C=O) groups excluding carboxylic acids is 1. The summed E-state index contributed by atoms with van der Waals surface area (Å²) in [4.78, 5) is 14.4. The van der Waals surface area contributed by atoms with Gasteiger partial charge in [-0.05, 0) is 48.4 Å². The van der Waals surface area contributed by atoms with Crippen molar-refractivity contribution in [3.63, 3.8) is 0 Å². The summed E-state index contributed by atoms with van der Waals surface area (Å²) in [5, 5.41) is 17.7. The molecule has 1 amide bonds. The van der Waals surface area contributed by atoms with Crippen molar-refractivity contribution in [2.24, 2.45) is 0 Å². The van der Waals surface area contributed by atoms with Gasteiger partial charge in [0.2, 0.25) is 0 Å². The Balaban J connectivity index is 2.17. The van der Waals surface area contributed by atoms with E-state index in [1.807, 2.05) is 25.1 Å². The van der Waals surface area contributed by atoms with Gasteiger partial charge in [-0.25, -0.2) is 0 Å². The molecule has 0 bridgehead atoms. The van der Waals surface area contributed by atoms with Crippen LogP contribution in [0.4, 0.5) is 0 Å². The number of hydrogen-bond donors (Lipinski definition) is 0. The lowest BCUT2D eigenvalue weighted by atomic mass is 10.1. The molecule has 0 aliphatic carbocycles. The first kappa shape index (κ1) is 16.3. The van der Waals surface area contributed by atoms with Crippen LogP contribution in [0.1, 0.15) is 40.4 Å². The number of amides is 1. The summed E-state index contributed by atoms with van der Waals surface area (Å²) >= 11 is 0. The highest BCUT2D eigenvalue weighted by atomic mass is 16.2. The first-order chi connectivity index (χ1) is 11.2. The lowest BCUT2D eigenvalue weighted by Crippen LogP contribution is -2.31. The van der Waals surface area contributed by atoms with Crippen LogP contribution in [-0.2, 0) is 6.54 Å². The monoisotopic (exact) mass is 303 g/mol. The van der Waals surface area contributed by atoms with Crippen LogP contribution in [0.15, 0.2) is 48.5 Å². The summed E-state index contributed by atoms with van der Waals surface area (Å²) in [6.07, 6.45) is 0.859. The van der Waals surface area contributed by atoms with Gasteiger partial charge in [-0.3, -0.25) is 4.79 Å². The van der Waals surface area contributed by atoms with Crippen LogP contribution < -0.4 is 0 Å². The molecule has 0 N–H and O–H groups in total. The molecule has 2 aromatic rings. The second-order valence-corrected chi connectivity index (χ2v) is 5.22. The zero-order valence-corrected chi connectivity index (χ0v) is 13.0. The molecule has 23 heavy (non-hydrogen) atoms. The van der Waals surface area contributed by atoms with Crippen LogP contribution in [0.2, 0.25) is 0 Å². The van der Waals surface area contributed by atoms with Crippen molar-refractivity contribution in [1.82, 2.24) is 4.90 Å². The van der Waals surface area contributed by atoms with Gasteiger partial charge in [0, 0.05) is 18.7 Å². The fraction of sp³-hybridized carbons (Fsp3) is 0.211. The van der Waals surface area contributed by atoms with E-state index in [-0.39, 0.29) is 5.91 Å². The molecule has 0 saturated carbocycles. The van der Waals surface area contributed by atoms with Crippen molar-refractivity contribution < 1.29 is 4.79 Å². The smallest absolute Gasteiger partial charge is 0.254 e. The van der Waals surface area contributed by atoms with E-state index in [1.165, 1.54) is 0 Å². The molecule has 0 saturated heterocycles. The minimum atomic E-state index is -0.0549. The van der Waals surface area contributed by atoms with Crippen LogP contribution >= 0.6 is 0 Å². The molecule has 0 spiro atoms. The predicted molar refractivity (Wildman–Crippen MR) is 87.3 cm³/mol. The lowest BCUT2D eigenvalue weighted by molar-refractivity contribution is 0.0743. The normalized spacial score (nSPS) is 9.70. The standard InChI is InChI=1S/C19H17N3O/c1-2-11-22(14-17-5-3-15(12-20)4-6-17)19(23)18-9-7-16(13-21)8-10-18/h3-10H,2,11,14H2,1H3. The second kappa shape index (κ2) is 7.77. The van der Waals surface area contributed by atoms with E-state index >= 15 is 0 Å². The zero-order valence-electron chi connectivity index (χ0n) is 13.0. The highest BCUT2D eigenvalue weighted by Crippen LogP contribution is 2.12. The predicted octanol–water partition coefficient (Wildman–Crippen LogP) is 3.48. The first-order valence-corrected chi connectivity index (χ1v) is 7.46. The summed E-state index contributed by atoms with van der Waals surface area (Å²) < 4.78 is 0. The van der Waals surface area contributed by atoms with E-state index in [9.17, 15) is 4.79 Å². The number of carbonyl (C=O) groups is 1. The Kier molecular flexibility index (Phi) is 5.50. The number of benzene rings is 2. The van der Waals surface area contributed by atoms with Crippen molar-refractivity contribution in [3.8, 4) is 12.1 Å². The average Bonchev–Trinajstić information content (AvgIpc) is 2.61. The molecule has 0 aromatic heterocycles. The fourth-order valence-corrected chi connectivity index (χ4v) is 2.30. The maximum absolute atomic E-state index is 12.7. The van der Waals surface area contributed by atoms with Crippen LogP contribution in [0.5, 0.6) is 0 Å². The number of hydrogen-bond acceptors (Lipinski definition) is 3. The third-order valence-electron chi connectivity index (χ3n) is 3.50. The average molecular weight is 303 g/mol. The molecule has 0 atom stereocenters. The molecule has 0 radical (unpaired) electrons. The Hall–Kier alpha value is -3.11. The quantitative estimate of drug-likeness (QED) is 0.849. The molecule has 4 nitrogen and oxygen atoms in total. The van der Waals surface area contributed by atoms with Gasteiger partial charge >= 0.3 is 0 Å². The van der Waals surface area contributed by atoms with Crippen molar-refractivity contribution in [2.45, 2.75) is 19.9 Å². The maximum atomic E-state index is 12.7. The summed E-state index contributed by atoms with van der Waals surface area (Å²) in [7, 11) is 0. The van der Waals surface area contributed by atoms with Crippen LogP contribution in [0.3, 0.4) is 0 Å². The van der Waals surface area contributed by atoms with Gasteiger partial charge in [0.1, 0.15) is 0 Å². The van der Waals surface area contributed by atoms with Gasteiger partial charge in [0.05, 0.1) is 23.3 Å². The summed E-state index contributed by atoms with van der Waals surface area (Å²) in [6, 6.07) is 18.0. The summed E-state index contributed by atoms with van der Waals surface area (Å²) in [6.45, 7) is 3.18. The minimum Gasteiger partial charge on any atom is -0.334 e. The molecule has 0 aliphatic rings. The molecule has 114 valence electrons. The molecule has 0 heterocycles. The molecule has 4 heteroatoms. The van der Waals surface area contributed by atoms with Gasteiger partial charge in [-0.2, -0.15) is 10.5 Å². The Morgan fingerprint density at radius 2 is 1.48 bits per heavy atom. The minimum absolute atomic E-state index is 0.0549. The molecule has 2 aromatic carbocycles. The Bertz CT molecular complexity index is 749. The first-order valence-electron chi connectivity index (χ1n) is 7.46. The highest BCUT2D eigenvalue weighted by Gasteiger charge is 2.15. The van der Waals surface area contributed by atoms with Crippen LogP contribution in [0.25, 0.3) is 0 Å². The van der Waals surface area contributed by atoms with E-state index in [0.29, 0.717) is 29.8 Å². The van der Waals surface area contributed by atoms with Gasteiger partial charge in [-0.1, -0.05) is 19.1 Å². The molecule has 0 unspecified atom stereocenters. The van der Waals surface area contributed by atoms with Crippen LogP contribution in [-0.4, -0.2) is 17.4 Å². The van der Waals surface area contributed by atoms with E-state index in [0.717, 1.165) is 12.0 Å². The maximum Gasteiger partial charge on any atom is 0.254 e. The molecular weight excluding hydrogens is 286 g/mol. The van der Waals surface area contributed by atoms with E-state index in [1.54, 1.807) is 41.3 Å². The number of rotatable bonds is 5. The van der Waals surface area contributed by atoms with Gasteiger partial charge in [-0.15, -0.1) is 0 Å². The number of nitrogens with zero attached hydrogens (tertiary/aromatic N) is 3.